The van der Waals surface area contributed by atoms with E-state index in [0.717, 1.165) is 48.3 Å². The average molecular weight is 405 g/mol. The molecule has 6 nitrogen and oxygen atoms in total. The number of primary amides is 1. The van der Waals surface area contributed by atoms with Crippen LogP contribution in [0.5, 0.6) is 5.75 Å². The molecule has 0 unspecified atom stereocenters. The molecule has 1 heterocycles. The second-order valence-corrected chi connectivity index (χ2v) is 7.96. The van der Waals surface area contributed by atoms with Gasteiger partial charge in [0.05, 0.1) is 11.7 Å². The van der Waals surface area contributed by atoms with Gasteiger partial charge in [-0.05, 0) is 73.7 Å². The largest absolute Gasteiger partial charge is 0.508 e. The second kappa shape index (κ2) is 8.63. The van der Waals surface area contributed by atoms with Gasteiger partial charge in [-0.2, -0.15) is 0 Å². The number of carbonyl (C=O) groups excluding carboxylic acids is 1. The fourth-order valence-electron chi connectivity index (χ4n) is 4.14. The first-order chi connectivity index (χ1) is 14.5. The third-order valence-electron chi connectivity index (χ3n) is 5.73. The first-order valence-electron chi connectivity index (χ1n) is 10.3. The highest BCUT2D eigenvalue weighted by Crippen LogP contribution is 2.27. The predicted molar refractivity (Wildman–Crippen MR) is 117 cm³/mol. The van der Waals surface area contributed by atoms with Gasteiger partial charge in [-0.1, -0.05) is 12.1 Å². The van der Waals surface area contributed by atoms with Crippen LogP contribution in [0.4, 0.5) is 5.69 Å². The minimum absolute atomic E-state index is 0.207. The monoisotopic (exact) mass is 405 g/mol. The van der Waals surface area contributed by atoms with Gasteiger partial charge in [0.2, 0.25) is 0 Å². The number of aromatic nitrogens is 1. The Kier molecular flexibility index (Phi) is 5.77. The third-order valence-corrected chi connectivity index (χ3v) is 5.73. The number of nitrogens with zero attached hydrogens (tertiary/aromatic N) is 1. The highest BCUT2D eigenvalue weighted by molar-refractivity contribution is 5.99. The van der Waals surface area contributed by atoms with Crippen LogP contribution in [0.2, 0.25) is 0 Å². The van der Waals surface area contributed by atoms with Crippen molar-refractivity contribution in [3.8, 4) is 11.4 Å². The molecule has 156 valence electrons. The molecule has 0 aliphatic heterocycles. The third kappa shape index (κ3) is 4.49. The van der Waals surface area contributed by atoms with Crippen LogP contribution in [0, 0.1) is 0 Å². The van der Waals surface area contributed by atoms with Crippen molar-refractivity contribution in [2.45, 2.75) is 44.2 Å². The van der Waals surface area contributed by atoms with Crippen LogP contribution in [0.1, 0.15) is 47.3 Å². The molecule has 6 heteroatoms. The molecular weight excluding hydrogens is 378 g/mol. The Labute approximate surface area is 176 Å². The molecule has 0 spiro atoms. The summed E-state index contributed by atoms with van der Waals surface area (Å²) in [7, 11) is 0. The Balaban J connectivity index is 1.62. The van der Waals surface area contributed by atoms with E-state index in [4.69, 9.17) is 5.73 Å². The summed E-state index contributed by atoms with van der Waals surface area (Å²) in [5.74, 6) is -0.215. The molecule has 0 saturated heterocycles. The zero-order valence-electron chi connectivity index (χ0n) is 16.8. The lowest BCUT2D eigenvalue weighted by molar-refractivity contribution is 0.100. The smallest absolute Gasteiger partial charge is 0.250 e. The van der Waals surface area contributed by atoms with Crippen LogP contribution in [0.25, 0.3) is 5.69 Å². The molecule has 0 radical (unpaired) electrons. The standard InChI is InChI=1S/C24H27N3O3/c25-24(30)22-11-8-19(15-23(22)26-17-6-9-20(28)10-7-17)27-12-2-4-18(27)13-16-3-1-5-21(29)14-16/h1-5,8,11-12,14-15,17,20,26,28-29H,6-7,9-10,13H2,(H2,25,30). The lowest BCUT2D eigenvalue weighted by atomic mass is 9.92. The molecule has 1 saturated carbocycles. The van der Waals surface area contributed by atoms with Crippen molar-refractivity contribution < 1.29 is 15.0 Å². The number of carbonyl (C=O) groups is 1. The highest BCUT2D eigenvalue weighted by atomic mass is 16.3. The Morgan fingerprint density at radius 2 is 1.87 bits per heavy atom. The Morgan fingerprint density at radius 3 is 2.60 bits per heavy atom. The second-order valence-electron chi connectivity index (χ2n) is 7.96. The number of aromatic hydroxyl groups is 1. The molecule has 3 aromatic rings. The van der Waals surface area contributed by atoms with Gasteiger partial charge >= 0.3 is 0 Å². The summed E-state index contributed by atoms with van der Waals surface area (Å²) in [5, 5.41) is 23.0. The van der Waals surface area contributed by atoms with E-state index in [-0.39, 0.29) is 17.9 Å². The van der Waals surface area contributed by atoms with E-state index in [1.54, 1.807) is 18.2 Å². The molecule has 1 aliphatic rings. The molecule has 2 aromatic carbocycles. The molecule has 1 aromatic heterocycles. The highest BCUT2D eigenvalue weighted by Gasteiger charge is 2.21. The summed E-state index contributed by atoms with van der Waals surface area (Å²) in [6.07, 6.45) is 5.65. The molecule has 0 atom stereocenters. The number of phenols is 1. The number of benzene rings is 2. The fraction of sp³-hybridized carbons (Fsp3) is 0.292. The van der Waals surface area contributed by atoms with Gasteiger partial charge in [0.25, 0.3) is 5.91 Å². The fourth-order valence-corrected chi connectivity index (χ4v) is 4.14. The number of rotatable bonds is 6. The van der Waals surface area contributed by atoms with Gasteiger partial charge in [0.1, 0.15) is 5.75 Å². The number of hydrogen-bond acceptors (Lipinski definition) is 4. The number of aliphatic hydroxyl groups is 1. The zero-order chi connectivity index (χ0) is 21.1. The first kappa shape index (κ1) is 20.0. The summed E-state index contributed by atoms with van der Waals surface area (Å²) >= 11 is 0. The van der Waals surface area contributed by atoms with E-state index in [0.29, 0.717) is 12.0 Å². The molecule has 1 amide bonds. The number of anilines is 1. The molecule has 1 fully saturated rings. The summed E-state index contributed by atoms with van der Waals surface area (Å²) in [5.41, 5.74) is 9.81. The Bertz CT molecular complexity index is 1040. The van der Waals surface area contributed by atoms with Crippen LogP contribution >= 0.6 is 0 Å². The number of nitrogens with one attached hydrogen (secondary N) is 1. The van der Waals surface area contributed by atoms with Gasteiger partial charge in [-0.25, -0.2) is 0 Å². The number of hydrogen-bond donors (Lipinski definition) is 4. The predicted octanol–water partition coefficient (Wildman–Crippen LogP) is 3.59. The van der Waals surface area contributed by atoms with Crippen LogP contribution in [0.3, 0.4) is 0 Å². The van der Waals surface area contributed by atoms with Crippen molar-refractivity contribution in [3.05, 3.63) is 77.6 Å². The van der Waals surface area contributed by atoms with E-state index < -0.39 is 5.91 Å². The molecule has 1 aliphatic carbocycles. The van der Waals surface area contributed by atoms with Crippen LogP contribution in [-0.2, 0) is 6.42 Å². The van der Waals surface area contributed by atoms with Crippen molar-refractivity contribution in [2.24, 2.45) is 5.73 Å². The van der Waals surface area contributed by atoms with Crippen molar-refractivity contribution in [1.29, 1.82) is 0 Å². The minimum atomic E-state index is -0.465. The van der Waals surface area contributed by atoms with Gasteiger partial charge in [0, 0.05) is 35.7 Å². The topological polar surface area (TPSA) is 101 Å². The van der Waals surface area contributed by atoms with E-state index in [9.17, 15) is 15.0 Å². The van der Waals surface area contributed by atoms with Crippen molar-refractivity contribution in [3.63, 3.8) is 0 Å². The molecule has 0 bridgehead atoms. The average Bonchev–Trinajstić information content (AvgIpc) is 3.17. The lowest BCUT2D eigenvalue weighted by Crippen LogP contribution is -2.29. The van der Waals surface area contributed by atoms with E-state index in [1.807, 2.05) is 42.6 Å². The van der Waals surface area contributed by atoms with Gasteiger partial charge in [0.15, 0.2) is 0 Å². The normalized spacial score (nSPS) is 18.8. The Morgan fingerprint density at radius 1 is 1.07 bits per heavy atom. The number of aliphatic hydroxyl groups excluding tert-OH is 1. The SMILES string of the molecule is NC(=O)c1ccc(-n2cccc2Cc2cccc(O)c2)cc1NC1CCC(O)CC1. The van der Waals surface area contributed by atoms with Gasteiger partial charge < -0.3 is 25.8 Å². The number of phenolic OH excluding ortho intramolecular Hbond substituents is 1. The molecule has 5 N–H and O–H groups in total. The maximum Gasteiger partial charge on any atom is 0.250 e. The quantitative estimate of drug-likeness (QED) is 0.503. The van der Waals surface area contributed by atoms with E-state index in [2.05, 4.69) is 9.88 Å². The molecular formula is C24H27N3O3. The molecule has 30 heavy (non-hydrogen) atoms. The van der Waals surface area contributed by atoms with Crippen molar-refractivity contribution in [1.82, 2.24) is 4.57 Å². The summed E-state index contributed by atoms with van der Waals surface area (Å²) in [6.45, 7) is 0. The summed E-state index contributed by atoms with van der Waals surface area (Å²) in [6, 6.07) is 17.1. The van der Waals surface area contributed by atoms with Crippen LogP contribution < -0.4 is 11.1 Å². The summed E-state index contributed by atoms with van der Waals surface area (Å²) < 4.78 is 2.07. The van der Waals surface area contributed by atoms with Crippen molar-refractivity contribution >= 4 is 11.6 Å². The van der Waals surface area contributed by atoms with Gasteiger partial charge in [-0.3, -0.25) is 4.79 Å². The van der Waals surface area contributed by atoms with Gasteiger partial charge in [-0.15, -0.1) is 0 Å². The van der Waals surface area contributed by atoms with Crippen molar-refractivity contribution in [2.75, 3.05) is 5.32 Å². The zero-order valence-corrected chi connectivity index (χ0v) is 16.8. The number of amides is 1. The van der Waals surface area contributed by atoms with E-state index in [1.165, 1.54) is 0 Å². The maximum atomic E-state index is 12.0. The minimum Gasteiger partial charge on any atom is -0.508 e. The lowest BCUT2D eigenvalue weighted by Gasteiger charge is -2.28. The molecule has 4 rings (SSSR count). The van der Waals surface area contributed by atoms with Crippen LogP contribution in [-0.4, -0.2) is 32.8 Å². The Hall–Kier alpha value is -3.25. The summed E-state index contributed by atoms with van der Waals surface area (Å²) in [4.78, 5) is 12.0. The number of nitrogens with two attached hydrogens (primary N) is 1. The van der Waals surface area contributed by atoms with Crippen LogP contribution in [0.15, 0.2) is 60.8 Å². The van der Waals surface area contributed by atoms with E-state index >= 15 is 0 Å². The first-order valence-corrected chi connectivity index (χ1v) is 10.3. The maximum absolute atomic E-state index is 12.0.